The Kier molecular flexibility index (Phi) is 4.90. The van der Waals surface area contributed by atoms with Crippen LogP contribution in [0.25, 0.3) is 0 Å². The molecule has 0 saturated carbocycles. The predicted octanol–water partition coefficient (Wildman–Crippen LogP) is 1.72. The van der Waals surface area contributed by atoms with Crippen LogP contribution in [0.15, 0.2) is 24.5 Å². The molecule has 1 aromatic rings. The first-order valence-electron chi connectivity index (χ1n) is 4.94. The van der Waals surface area contributed by atoms with Gasteiger partial charge in [-0.15, -0.1) is 0 Å². The fourth-order valence-electron chi connectivity index (χ4n) is 1.15. The average molecular weight is 222 g/mol. The van der Waals surface area contributed by atoms with Crippen molar-refractivity contribution in [3.8, 4) is 0 Å². The molecule has 0 aliphatic rings. The number of hydrogen-bond donors (Lipinski definition) is 1. The van der Waals surface area contributed by atoms with E-state index < -0.39 is 0 Å². The first kappa shape index (κ1) is 11.8. The zero-order chi connectivity index (χ0) is 11.1. The van der Waals surface area contributed by atoms with Crippen LogP contribution in [0.3, 0.4) is 0 Å². The van der Waals surface area contributed by atoms with Gasteiger partial charge in [0.2, 0.25) is 0 Å². The van der Waals surface area contributed by atoms with Gasteiger partial charge in [-0.25, -0.2) is 0 Å². The van der Waals surface area contributed by atoms with Crippen molar-refractivity contribution in [2.24, 2.45) is 0 Å². The Bertz CT molecular complexity index is 338. The van der Waals surface area contributed by atoms with E-state index in [4.69, 9.17) is 12.2 Å². The summed E-state index contributed by atoms with van der Waals surface area (Å²) in [6, 6.07) is 3.68. The van der Waals surface area contributed by atoms with Crippen molar-refractivity contribution < 1.29 is 4.79 Å². The van der Waals surface area contributed by atoms with Gasteiger partial charge in [-0.2, -0.15) is 0 Å². The summed E-state index contributed by atoms with van der Waals surface area (Å²) in [6.45, 7) is 2.29. The van der Waals surface area contributed by atoms with Crippen molar-refractivity contribution in [1.82, 2.24) is 10.3 Å². The molecular weight excluding hydrogens is 208 g/mol. The smallest absolute Gasteiger partial charge is 0.151 e. The number of nitrogens with zero attached hydrogens (tertiary/aromatic N) is 1. The fraction of sp³-hybridized carbons (Fsp3) is 0.364. The van der Waals surface area contributed by atoms with E-state index in [1.54, 1.807) is 12.4 Å². The Labute approximate surface area is 94.9 Å². The second-order valence-corrected chi connectivity index (χ2v) is 3.62. The Morgan fingerprint density at radius 2 is 2.40 bits per heavy atom. The fourth-order valence-corrected chi connectivity index (χ4v) is 1.34. The molecule has 0 aliphatic heterocycles. The molecule has 0 bridgehead atoms. The molecular formula is C11H14N2OS. The van der Waals surface area contributed by atoms with E-state index in [-0.39, 0.29) is 5.78 Å². The zero-order valence-electron chi connectivity index (χ0n) is 8.69. The Morgan fingerprint density at radius 3 is 3.00 bits per heavy atom. The minimum atomic E-state index is 0.184. The molecule has 0 fully saturated rings. The molecule has 0 unspecified atom stereocenters. The number of aromatic nitrogens is 1. The topological polar surface area (TPSA) is 42.0 Å². The largest absolute Gasteiger partial charge is 0.369 e. The van der Waals surface area contributed by atoms with Crippen molar-refractivity contribution in [2.45, 2.75) is 19.8 Å². The molecule has 0 spiro atoms. The van der Waals surface area contributed by atoms with E-state index >= 15 is 0 Å². The number of hydrogen-bond acceptors (Lipinski definition) is 3. The van der Waals surface area contributed by atoms with E-state index in [1.165, 1.54) is 0 Å². The predicted molar refractivity (Wildman–Crippen MR) is 63.9 cm³/mol. The maximum absolute atomic E-state index is 11.2. The first-order chi connectivity index (χ1) is 7.24. The molecule has 0 amide bonds. The van der Waals surface area contributed by atoms with Gasteiger partial charge >= 0.3 is 0 Å². The van der Waals surface area contributed by atoms with Crippen LogP contribution in [0, 0.1) is 0 Å². The van der Waals surface area contributed by atoms with Gasteiger partial charge in [-0.1, -0.05) is 19.1 Å². The minimum absolute atomic E-state index is 0.184. The summed E-state index contributed by atoms with van der Waals surface area (Å²) in [6.07, 6.45) is 4.84. The summed E-state index contributed by atoms with van der Waals surface area (Å²) in [5, 5.41) is 2.93. The third-order valence-corrected chi connectivity index (χ3v) is 2.28. The van der Waals surface area contributed by atoms with Gasteiger partial charge in [-0.3, -0.25) is 9.78 Å². The lowest BCUT2D eigenvalue weighted by atomic mass is 10.2. The molecule has 0 atom stereocenters. The number of nitrogens with one attached hydrogen (secondary N) is 1. The molecule has 0 radical (unpaired) electrons. The highest BCUT2D eigenvalue weighted by Gasteiger charge is 2.03. The molecule has 80 valence electrons. The Hall–Kier alpha value is -1.29. The highest BCUT2D eigenvalue weighted by Crippen LogP contribution is 1.96. The summed E-state index contributed by atoms with van der Waals surface area (Å²) in [4.78, 5) is 15.8. The summed E-state index contributed by atoms with van der Waals surface area (Å²) in [5.74, 6) is 0.184. The second kappa shape index (κ2) is 6.24. The molecule has 0 aliphatic carbocycles. The summed E-state index contributed by atoms with van der Waals surface area (Å²) in [7, 11) is 0. The highest BCUT2D eigenvalue weighted by molar-refractivity contribution is 7.80. The molecule has 1 rings (SSSR count). The van der Waals surface area contributed by atoms with Crippen LogP contribution in [-0.2, 0) is 4.79 Å². The number of ketones is 1. The van der Waals surface area contributed by atoms with Crippen molar-refractivity contribution in [3.05, 3.63) is 30.1 Å². The van der Waals surface area contributed by atoms with Gasteiger partial charge in [0.05, 0.1) is 6.54 Å². The van der Waals surface area contributed by atoms with E-state index in [2.05, 4.69) is 10.3 Å². The van der Waals surface area contributed by atoms with Crippen molar-refractivity contribution in [1.29, 1.82) is 0 Å². The van der Waals surface area contributed by atoms with Crippen molar-refractivity contribution in [2.75, 3.05) is 6.54 Å². The molecule has 3 nitrogen and oxygen atoms in total. The van der Waals surface area contributed by atoms with Gasteiger partial charge in [0.15, 0.2) is 5.78 Å². The van der Waals surface area contributed by atoms with Crippen LogP contribution in [0.5, 0.6) is 0 Å². The normalized spacial score (nSPS) is 9.67. The van der Waals surface area contributed by atoms with Gasteiger partial charge in [0.1, 0.15) is 4.99 Å². The summed E-state index contributed by atoms with van der Waals surface area (Å²) in [5.41, 5.74) is 0.844. The Morgan fingerprint density at radius 1 is 1.60 bits per heavy atom. The number of carbonyl (C=O) groups is 1. The lowest BCUT2D eigenvalue weighted by Crippen LogP contribution is -2.28. The second-order valence-electron chi connectivity index (χ2n) is 3.21. The van der Waals surface area contributed by atoms with Crippen molar-refractivity contribution in [3.63, 3.8) is 0 Å². The number of rotatable bonds is 5. The van der Waals surface area contributed by atoms with Crippen molar-refractivity contribution >= 4 is 23.0 Å². The average Bonchev–Trinajstić information content (AvgIpc) is 2.27. The quantitative estimate of drug-likeness (QED) is 0.770. The summed E-state index contributed by atoms with van der Waals surface area (Å²) >= 11 is 5.12. The van der Waals surface area contributed by atoms with E-state index in [9.17, 15) is 4.79 Å². The third-order valence-electron chi connectivity index (χ3n) is 1.90. The number of Topliss-reactive ketones (excluding diaryl/α,β-unsaturated/α-hetero) is 1. The zero-order valence-corrected chi connectivity index (χ0v) is 9.51. The maximum Gasteiger partial charge on any atom is 0.151 e. The maximum atomic E-state index is 11.2. The van der Waals surface area contributed by atoms with Crippen LogP contribution in [0.2, 0.25) is 0 Å². The number of carbonyl (C=O) groups excluding carboxylic acids is 1. The van der Waals surface area contributed by atoms with Crippen LogP contribution >= 0.6 is 12.2 Å². The van der Waals surface area contributed by atoms with E-state index in [0.29, 0.717) is 18.0 Å². The number of pyridine rings is 1. The molecule has 0 saturated heterocycles. The van der Waals surface area contributed by atoms with Gasteiger partial charge in [0.25, 0.3) is 0 Å². The number of thiocarbonyl (C=S) groups is 1. The van der Waals surface area contributed by atoms with Crippen LogP contribution < -0.4 is 5.32 Å². The highest BCUT2D eigenvalue weighted by atomic mass is 32.1. The minimum Gasteiger partial charge on any atom is -0.369 e. The SMILES string of the molecule is CCCC(=O)CNC(=S)c1cccnc1. The molecule has 0 aromatic carbocycles. The van der Waals surface area contributed by atoms with Gasteiger partial charge in [-0.05, 0) is 18.6 Å². The van der Waals surface area contributed by atoms with Crippen LogP contribution in [-0.4, -0.2) is 22.3 Å². The standard InChI is InChI=1S/C11H14N2OS/c1-2-4-10(14)8-13-11(15)9-5-3-6-12-7-9/h3,5-7H,2,4,8H2,1H3,(H,13,15). The summed E-state index contributed by atoms with van der Waals surface area (Å²) < 4.78 is 0. The Balaban J connectivity index is 2.40. The monoisotopic (exact) mass is 222 g/mol. The third kappa shape index (κ3) is 4.16. The van der Waals surface area contributed by atoms with E-state index in [0.717, 1.165) is 12.0 Å². The van der Waals surface area contributed by atoms with Gasteiger partial charge < -0.3 is 5.32 Å². The molecule has 1 heterocycles. The van der Waals surface area contributed by atoms with Crippen LogP contribution in [0.4, 0.5) is 0 Å². The van der Waals surface area contributed by atoms with E-state index in [1.807, 2.05) is 19.1 Å². The van der Waals surface area contributed by atoms with Gasteiger partial charge in [0, 0.05) is 24.4 Å². The molecule has 1 aromatic heterocycles. The lowest BCUT2D eigenvalue weighted by molar-refractivity contribution is -0.118. The first-order valence-corrected chi connectivity index (χ1v) is 5.34. The van der Waals surface area contributed by atoms with Crippen LogP contribution in [0.1, 0.15) is 25.3 Å². The lowest BCUT2D eigenvalue weighted by Gasteiger charge is -2.06. The molecule has 4 heteroatoms. The molecule has 1 N–H and O–H groups in total. The molecule has 15 heavy (non-hydrogen) atoms.